The van der Waals surface area contributed by atoms with E-state index in [1.807, 2.05) is 6.92 Å². The van der Waals surface area contributed by atoms with Crippen LogP contribution in [0, 0.1) is 6.92 Å². The molecule has 4 N–H and O–H groups in total. The van der Waals surface area contributed by atoms with Crippen molar-refractivity contribution in [1.82, 2.24) is 4.90 Å². The van der Waals surface area contributed by atoms with E-state index < -0.39 is 5.91 Å². The molecule has 1 aliphatic rings. The number of aliphatic hydroxyl groups excluding tert-OH is 1. The maximum atomic E-state index is 12.2. The first-order chi connectivity index (χ1) is 9.52. The van der Waals surface area contributed by atoms with Gasteiger partial charge in [0.1, 0.15) is 0 Å². The summed E-state index contributed by atoms with van der Waals surface area (Å²) in [6.07, 6.45) is 1.70. The molecule has 0 bridgehead atoms. The number of nitrogens with one attached hydrogen (secondary N) is 1. The Balaban J connectivity index is 2.15. The fourth-order valence-electron chi connectivity index (χ4n) is 2.39. The molecule has 1 fully saturated rings. The Morgan fingerprint density at radius 1 is 1.50 bits per heavy atom. The van der Waals surface area contributed by atoms with Gasteiger partial charge in [0, 0.05) is 17.8 Å². The quantitative estimate of drug-likeness (QED) is 0.771. The maximum absolute atomic E-state index is 12.2. The fourth-order valence-corrected chi connectivity index (χ4v) is 2.39. The first-order valence-electron chi connectivity index (χ1n) is 6.62. The van der Waals surface area contributed by atoms with Crippen LogP contribution in [0.4, 0.5) is 10.5 Å². The van der Waals surface area contributed by atoms with Gasteiger partial charge in [-0.25, -0.2) is 4.79 Å². The van der Waals surface area contributed by atoms with Gasteiger partial charge in [-0.1, -0.05) is 6.07 Å². The van der Waals surface area contributed by atoms with Gasteiger partial charge in [0.2, 0.25) is 5.91 Å². The highest BCUT2D eigenvalue weighted by Gasteiger charge is 2.28. The van der Waals surface area contributed by atoms with Crippen LogP contribution in [0.25, 0.3) is 0 Å². The van der Waals surface area contributed by atoms with Crippen LogP contribution in [0.5, 0.6) is 0 Å². The van der Waals surface area contributed by atoms with E-state index in [0.29, 0.717) is 17.8 Å². The molecular formula is C14H19N3O3. The number of anilines is 1. The number of likely N-dealkylation sites (tertiary alicyclic amines) is 1. The first kappa shape index (κ1) is 14.3. The van der Waals surface area contributed by atoms with Gasteiger partial charge in [-0.2, -0.15) is 0 Å². The average Bonchev–Trinajstić information content (AvgIpc) is 2.89. The lowest BCUT2D eigenvalue weighted by atomic mass is 10.1. The molecule has 2 rings (SSSR count). The fraction of sp³-hybridized carbons (Fsp3) is 0.429. The number of primary amides is 1. The molecule has 6 nitrogen and oxygen atoms in total. The Labute approximate surface area is 117 Å². The summed E-state index contributed by atoms with van der Waals surface area (Å²) in [5, 5.41) is 12.0. The highest BCUT2D eigenvalue weighted by Crippen LogP contribution is 2.21. The number of benzene rings is 1. The van der Waals surface area contributed by atoms with Gasteiger partial charge in [0.05, 0.1) is 12.6 Å². The molecule has 1 aromatic carbocycles. The second-order valence-electron chi connectivity index (χ2n) is 5.00. The Hall–Kier alpha value is -2.08. The topological polar surface area (TPSA) is 95.7 Å². The molecule has 20 heavy (non-hydrogen) atoms. The third-order valence-corrected chi connectivity index (χ3v) is 3.61. The van der Waals surface area contributed by atoms with Crippen molar-refractivity contribution >= 4 is 17.6 Å². The number of nitrogens with two attached hydrogens (primary N) is 1. The van der Waals surface area contributed by atoms with Crippen LogP contribution < -0.4 is 11.1 Å². The van der Waals surface area contributed by atoms with Crippen molar-refractivity contribution < 1.29 is 14.7 Å². The highest BCUT2D eigenvalue weighted by atomic mass is 16.3. The minimum atomic E-state index is -0.532. The molecule has 1 heterocycles. The van der Waals surface area contributed by atoms with E-state index in [1.165, 1.54) is 0 Å². The number of carbonyl (C=O) groups excluding carboxylic acids is 2. The van der Waals surface area contributed by atoms with E-state index in [2.05, 4.69) is 5.32 Å². The van der Waals surface area contributed by atoms with E-state index >= 15 is 0 Å². The molecule has 0 radical (unpaired) electrons. The van der Waals surface area contributed by atoms with Gasteiger partial charge in [0.25, 0.3) is 0 Å². The van der Waals surface area contributed by atoms with Crippen LogP contribution in [0.15, 0.2) is 18.2 Å². The molecule has 1 atom stereocenters. The van der Waals surface area contributed by atoms with E-state index in [4.69, 9.17) is 5.73 Å². The minimum Gasteiger partial charge on any atom is -0.394 e. The molecule has 108 valence electrons. The zero-order chi connectivity index (χ0) is 14.7. The molecule has 0 spiro atoms. The summed E-state index contributed by atoms with van der Waals surface area (Å²) in [4.78, 5) is 25.0. The van der Waals surface area contributed by atoms with E-state index in [9.17, 15) is 14.7 Å². The smallest absolute Gasteiger partial charge is 0.322 e. The Morgan fingerprint density at radius 3 is 2.90 bits per heavy atom. The molecule has 1 saturated heterocycles. The number of amides is 3. The lowest BCUT2D eigenvalue weighted by molar-refractivity contribution is 0.1000. The van der Waals surface area contributed by atoms with Crippen LogP contribution in [-0.4, -0.2) is 41.1 Å². The number of hydrogen-bond donors (Lipinski definition) is 3. The molecule has 3 amide bonds. The number of hydrogen-bond acceptors (Lipinski definition) is 3. The predicted octanol–water partition coefficient (Wildman–Crippen LogP) is 1.08. The third-order valence-electron chi connectivity index (χ3n) is 3.61. The number of carbonyl (C=O) groups is 2. The number of urea groups is 1. The van der Waals surface area contributed by atoms with Gasteiger partial charge in [-0.3, -0.25) is 4.79 Å². The predicted molar refractivity (Wildman–Crippen MR) is 75.5 cm³/mol. The zero-order valence-electron chi connectivity index (χ0n) is 11.4. The highest BCUT2D eigenvalue weighted by molar-refractivity contribution is 5.96. The van der Waals surface area contributed by atoms with Crippen molar-refractivity contribution in [2.45, 2.75) is 25.8 Å². The first-order valence-corrected chi connectivity index (χ1v) is 6.62. The van der Waals surface area contributed by atoms with Gasteiger partial charge in [0.15, 0.2) is 0 Å². The van der Waals surface area contributed by atoms with Gasteiger partial charge >= 0.3 is 6.03 Å². The van der Waals surface area contributed by atoms with E-state index in [1.54, 1.807) is 23.1 Å². The van der Waals surface area contributed by atoms with Crippen molar-refractivity contribution in [1.29, 1.82) is 0 Å². The number of aliphatic hydroxyl groups is 1. The van der Waals surface area contributed by atoms with Crippen LogP contribution >= 0.6 is 0 Å². The SMILES string of the molecule is Cc1ccc(C(N)=O)cc1NC(=O)N1CCC[C@H]1CO. The van der Waals surface area contributed by atoms with E-state index in [0.717, 1.165) is 18.4 Å². The van der Waals surface area contributed by atoms with Gasteiger partial charge < -0.3 is 21.1 Å². The monoisotopic (exact) mass is 277 g/mol. The van der Waals surface area contributed by atoms with Crippen LogP contribution in [0.3, 0.4) is 0 Å². The lowest BCUT2D eigenvalue weighted by Crippen LogP contribution is -2.40. The normalized spacial score (nSPS) is 18.1. The Kier molecular flexibility index (Phi) is 4.24. The number of rotatable bonds is 3. The average molecular weight is 277 g/mol. The summed E-state index contributed by atoms with van der Waals surface area (Å²) >= 11 is 0. The van der Waals surface area contributed by atoms with Crippen molar-refractivity contribution in [3.05, 3.63) is 29.3 Å². The summed E-state index contributed by atoms with van der Waals surface area (Å²) in [6, 6.07) is 4.54. The Morgan fingerprint density at radius 2 is 2.25 bits per heavy atom. The van der Waals surface area contributed by atoms with E-state index in [-0.39, 0.29) is 18.7 Å². The van der Waals surface area contributed by atoms with Crippen LogP contribution in [0.2, 0.25) is 0 Å². The van der Waals surface area contributed by atoms with Crippen LogP contribution in [0.1, 0.15) is 28.8 Å². The van der Waals surface area contributed by atoms with Crippen molar-refractivity contribution in [2.24, 2.45) is 5.73 Å². The summed E-state index contributed by atoms with van der Waals surface area (Å²) in [5.41, 5.74) is 7.00. The van der Waals surface area contributed by atoms with Crippen LogP contribution in [-0.2, 0) is 0 Å². The molecule has 0 unspecified atom stereocenters. The van der Waals surface area contributed by atoms with Crippen molar-refractivity contribution in [3.63, 3.8) is 0 Å². The molecule has 0 aliphatic carbocycles. The summed E-state index contributed by atoms with van der Waals surface area (Å²) in [6.45, 7) is 2.44. The van der Waals surface area contributed by atoms with Crippen molar-refractivity contribution in [2.75, 3.05) is 18.5 Å². The molecule has 1 aromatic rings. The molecule has 0 aromatic heterocycles. The minimum absolute atomic E-state index is 0.0340. The van der Waals surface area contributed by atoms with Crippen molar-refractivity contribution in [3.8, 4) is 0 Å². The second-order valence-corrected chi connectivity index (χ2v) is 5.00. The maximum Gasteiger partial charge on any atom is 0.322 e. The number of aryl methyl sites for hydroxylation is 1. The Bertz CT molecular complexity index is 530. The van der Waals surface area contributed by atoms with Gasteiger partial charge in [-0.15, -0.1) is 0 Å². The second kappa shape index (κ2) is 5.92. The van der Waals surface area contributed by atoms with Gasteiger partial charge in [-0.05, 0) is 37.5 Å². The summed E-state index contributed by atoms with van der Waals surface area (Å²) in [5.74, 6) is -0.532. The third kappa shape index (κ3) is 2.91. The molecule has 0 saturated carbocycles. The largest absolute Gasteiger partial charge is 0.394 e. The molecule has 1 aliphatic heterocycles. The molecule has 6 heteroatoms. The summed E-state index contributed by atoms with van der Waals surface area (Å²) < 4.78 is 0. The molecular weight excluding hydrogens is 258 g/mol. The summed E-state index contributed by atoms with van der Waals surface area (Å²) in [7, 11) is 0. The zero-order valence-corrected chi connectivity index (χ0v) is 11.4. The number of nitrogens with zero attached hydrogens (tertiary/aromatic N) is 1. The standard InChI is InChI=1S/C14H19N3O3/c1-9-4-5-10(13(15)19)7-12(9)16-14(20)17-6-2-3-11(17)8-18/h4-5,7,11,18H,2-3,6,8H2,1H3,(H2,15,19)(H,16,20)/t11-/m0/s1. The lowest BCUT2D eigenvalue weighted by Gasteiger charge is -2.23.